The molecule has 1 unspecified atom stereocenters. The van der Waals surface area contributed by atoms with Gasteiger partial charge in [-0.25, -0.2) is 0 Å². The van der Waals surface area contributed by atoms with Crippen LogP contribution in [-0.4, -0.2) is 37.2 Å². The average Bonchev–Trinajstić information content (AvgIpc) is 2.40. The molecule has 0 spiro atoms. The first kappa shape index (κ1) is 14.4. The zero-order valence-corrected chi connectivity index (χ0v) is 12.4. The summed E-state index contributed by atoms with van der Waals surface area (Å²) < 4.78 is 5.63. The smallest absolute Gasteiger partial charge is 0.119 e. The van der Waals surface area contributed by atoms with E-state index in [-0.39, 0.29) is 0 Å². The third-order valence-corrected chi connectivity index (χ3v) is 3.93. The molecule has 1 N–H and O–H groups in total. The Hall–Kier alpha value is -1.06. The highest BCUT2D eigenvalue weighted by atomic mass is 16.5. The Labute approximate surface area is 116 Å². The van der Waals surface area contributed by atoms with Gasteiger partial charge in [-0.1, -0.05) is 26.0 Å². The monoisotopic (exact) mass is 262 g/mol. The van der Waals surface area contributed by atoms with E-state index in [0.717, 1.165) is 38.4 Å². The Kier molecular flexibility index (Phi) is 5.23. The number of likely N-dealkylation sites (N-methyl/N-ethyl adjacent to an activating group) is 1. The maximum absolute atomic E-state index is 5.63. The summed E-state index contributed by atoms with van der Waals surface area (Å²) in [4.78, 5) is 2.57. The molecular formula is C16H26N2O. The number of nitrogens with one attached hydrogen (secondary N) is 1. The van der Waals surface area contributed by atoms with Gasteiger partial charge in [0.15, 0.2) is 0 Å². The lowest BCUT2D eigenvalue weighted by atomic mass is 10.0. The van der Waals surface area contributed by atoms with E-state index in [2.05, 4.69) is 55.3 Å². The fourth-order valence-corrected chi connectivity index (χ4v) is 2.61. The minimum atomic E-state index is 0.470. The Bertz CT molecular complexity index is 373. The summed E-state index contributed by atoms with van der Waals surface area (Å²) in [5, 5.41) is 3.35. The second-order valence-electron chi connectivity index (χ2n) is 5.24. The van der Waals surface area contributed by atoms with Gasteiger partial charge in [-0.3, -0.25) is 4.90 Å². The van der Waals surface area contributed by atoms with Crippen LogP contribution in [0.4, 0.5) is 0 Å². The van der Waals surface area contributed by atoms with Gasteiger partial charge in [-0.2, -0.15) is 0 Å². The molecule has 1 aliphatic rings. The van der Waals surface area contributed by atoms with Crippen molar-refractivity contribution in [3.8, 4) is 5.75 Å². The predicted octanol–water partition coefficient (Wildman–Crippen LogP) is 2.83. The van der Waals surface area contributed by atoms with Crippen molar-refractivity contribution in [2.45, 2.75) is 39.3 Å². The van der Waals surface area contributed by atoms with Crippen LogP contribution in [0, 0.1) is 0 Å². The number of rotatable bonds is 7. The van der Waals surface area contributed by atoms with E-state index in [1.807, 2.05) is 0 Å². The van der Waals surface area contributed by atoms with Gasteiger partial charge < -0.3 is 10.1 Å². The molecule has 1 fully saturated rings. The Morgan fingerprint density at radius 2 is 1.95 bits per heavy atom. The molecule has 0 bridgehead atoms. The number of ether oxygens (including phenoxy) is 1. The second kappa shape index (κ2) is 6.92. The molecule has 0 radical (unpaired) electrons. The maximum Gasteiger partial charge on any atom is 0.119 e. The van der Waals surface area contributed by atoms with Gasteiger partial charge in [0.05, 0.1) is 6.61 Å². The van der Waals surface area contributed by atoms with Crippen LogP contribution in [0.2, 0.25) is 0 Å². The summed E-state index contributed by atoms with van der Waals surface area (Å²) >= 11 is 0. The topological polar surface area (TPSA) is 24.5 Å². The van der Waals surface area contributed by atoms with E-state index in [1.54, 1.807) is 0 Å². The number of benzene rings is 1. The molecule has 0 aromatic heterocycles. The minimum absolute atomic E-state index is 0.470. The molecule has 0 aliphatic carbocycles. The van der Waals surface area contributed by atoms with Crippen LogP contribution >= 0.6 is 0 Å². The van der Waals surface area contributed by atoms with Crippen molar-refractivity contribution in [1.82, 2.24) is 10.2 Å². The third kappa shape index (κ3) is 3.48. The molecule has 3 heteroatoms. The van der Waals surface area contributed by atoms with E-state index in [9.17, 15) is 0 Å². The van der Waals surface area contributed by atoms with Crippen molar-refractivity contribution in [2.24, 2.45) is 0 Å². The molecule has 106 valence electrons. The zero-order valence-electron chi connectivity index (χ0n) is 12.4. The molecule has 1 saturated heterocycles. The first-order valence-corrected chi connectivity index (χ1v) is 7.45. The highest BCUT2D eigenvalue weighted by molar-refractivity contribution is 5.29. The predicted molar refractivity (Wildman–Crippen MR) is 79.7 cm³/mol. The Morgan fingerprint density at radius 3 is 2.42 bits per heavy atom. The molecule has 1 aromatic rings. The van der Waals surface area contributed by atoms with Gasteiger partial charge in [-0.15, -0.1) is 0 Å². The van der Waals surface area contributed by atoms with Gasteiger partial charge in [0.1, 0.15) is 5.75 Å². The van der Waals surface area contributed by atoms with Crippen molar-refractivity contribution >= 4 is 0 Å². The minimum Gasteiger partial charge on any atom is -0.494 e. The fourth-order valence-electron chi connectivity index (χ4n) is 2.61. The summed E-state index contributed by atoms with van der Waals surface area (Å²) in [6.45, 7) is 10.8. The van der Waals surface area contributed by atoms with Gasteiger partial charge >= 0.3 is 0 Å². The molecule has 0 saturated carbocycles. The van der Waals surface area contributed by atoms with Crippen molar-refractivity contribution < 1.29 is 4.74 Å². The van der Waals surface area contributed by atoms with Crippen molar-refractivity contribution in [1.29, 1.82) is 0 Å². The zero-order chi connectivity index (χ0) is 13.7. The number of hydrogen-bond acceptors (Lipinski definition) is 3. The van der Waals surface area contributed by atoms with Crippen LogP contribution in [0.3, 0.4) is 0 Å². The van der Waals surface area contributed by atoms with Gasteiger partial charge in [-0.05, 0) is 37.6 Å². The van der Waals surface area contributed by atoms with Crippen LogP contribution in [0.5, 0.6) is 5.75 Å². The lowest BCUT2D eigenvalue weighted by Crippen LogP contribution is -2.57. The van der Waals surface area contributed by atoms with Gasteiger partial charge in [0.2, 0.25) is 0 Å². The summed E-state index contributed by atoms with van der Waals surface area (Å²) in [6.07, 6.45) is 1.05. The van der Waals surface area contributed by atoms with Gasteiger partial charge in [0.25, 0.3) is 0 Å². The normalized spacial score (nSPS) is 17.3. The maximum atomic E-state index is 5.63. The molecule has 0 amide bonds. The second-order valence-corrected chi connectivity index (χ2v) is 5.24. The first-order chi connectivity index (χ1) is 9.26. The molecule has 3 nitrogen and oxygen atoms in total. The highest BCUT2D eigenvalue weighted by Crippen LogP contribution is 2.25. The van der Waals surface area contributed by atoms with Crippen LogP contribution in [0.25, 0.3) is 0 Å². The fraction of sp³-hybridized carbons (Fsp3) is 0.625. The van der Waals surface area contributed by atoms with Crippen LogP contribution in [-0.2, 0) is 0 Å². The molecule has 1 atom stereocenters. The first-order valence-electron chi connectivity index (χ1n) is 7.45. The van der Waals surface area contributed by atoms with Crippen molar-refractivity contribution in [3.63, 3.8) is 0 Å². The van der Waals surface area contributed by atoms with E-state index in [0.29, 0.717) is 12.1 Å². The summed E-state index contributed by atoms with van der Waals surface area (Å²) in [6, 6.07) is 9.74. The standard InChI is InChI=1S/C16H26N2O/c1-4-10-19-16-8-6-14(7-9-16)13(3)18(5-2)15-11-17-12-15/h6-9,13,15,17H,4-5,10-12H2,1-3H3. The number of hydrogen-bond donors (Lipinski definition) is 1. The molecule has 1 aliphatic heterocycles. The largest absolute Gasteiger partial charge is 0.494 e. The third-order valence-electron chi connectivity index (χ3n) is 3.93. The summed E-state index contributed by atoms with van der Waals surface area (Å²) in [5.41, 5.74) is 1.37. The SMILES string of the molecule is CCCOc1ccc(C(C)N(CC)C2CNC2)cc1. The van der Waals surface area contributed by atoms with Crippen LogP contribution in [0.1, 0.15) is 38.8 Å². The summed E-state index contributed by atoms with van der Waals surface area (Å²) in [7, 11) is 0. The van der Waals surface area contributed by atoms with Gasteiger partial charge in [0, 0.05) is 25.2 Å². The van der Waals surface area contributed by atoms with Crippen molar-refractivity contribution in [3.05, 3.63) is 29.8 Å². The molecule has 1 heterocycles. The van der Waals surface area contributed by atoms with Crippen LogP contribution < -0.4 is 10.1 Å². The number of nitrogens with zero attached hydrogens (tertiary/aromatic N) is 1. The summed E-state index contributed by atoms with van der Waals surface area (Å²) in [5.74, 6) is 0.978. The molecule has 19 heavy (non-hydrogen) atoms. The highest BCUT2D eigenvalue weighted by Gasteiger charge is 2.27. The Morgan fingerprint density at radius 1 is 1.26 bits per heavy atom. The van der Waals surface area contributed by atoms with Crippen LogP contribution in [0.15, 0.2) is 24.3 Å². The molecule has 2 rings (SSSR count). The van der Waals surface area contributed by atoms with E-state index in [4.69, 9.17) is 4.74 Å². The van der Waals surface area contributed by atoms with E-state index >= 15 is 0 Å². The Balaban J connectivity index is 1.99. The lowest BCUT2D eigenvalue weighted by molar-refractivity contribution is 0.110. The van der Waals surface area contributed by atoms with E-state index < -0.39 is 0 Å². The molecule has 1 aromatic carbocycles. The average molecular weight is 262 g/mol. The lowest BCUT2D eigenvalue weighted by Gasteiger charge is -2.41. The quantitative estimate of drug-likeness (QED) is 0.818. The van der Waals surface area contributed by atoms with Crippen molar-refractivity contribution in [2.75, 3.05) is 26.2 Å². The molecular weight excluding hydrogens is 236 g/mol. The van der Waals surface area contributed by atoms with E-state index in [1.165, 1.54) is 5.56 Å².